The Morgan fingerprint density at radius 3 is 2.28 bits per heavy atom. The molecule has 3 unspecified atom stereocenters. The molecular weight excluding hydrogens is 455 g/mol. The van der Waals surface area contributed by atoms with Gasteiger partial charge < -0.3 is 10.1 Å². The second-order valence-corrected chi connectivity index (χ2v) is 8.98. The molecule has 0 bridgehead atoms. The summed E-state index contributed by atoms with van der Waals surface area (Å²) in [4.78, 5) is 0. The summed E-state index contributed by atoms with van der Waals surface area (Å²) in [7, 11) is 0. The van der Waals surface area contributed by atoms with Crippen LogP contribution in [0.5, 0.6) is 11.5 Å². The van der Waals surface area contributed by atoms with Crippen molar-refractivity contribution in [3.8, 4) is 11.5 Å². The molecule has 3 aromatic rings. The Labute approximate surface area is 196 Å². The number of benzene rings is 3. The molecular formula is C25H23ClF3NOS. The Bertz CT molecular complexity index is 1040. The van der Waals surface area contributed by atoms with Crippen LogP contribution in [0.2, 0.25) is 5.02 Å². The van der Waals surface area contributed by atoms with Gasteiger partial charge in [0.2, 0.25) is 0 Å². The standard InChI is InChI=1S/C25H23ClF3NOS/c26-19-7-11-21(12-8-19)31-20-9-4-16(5-10-20)6-13-22-23(15-30-24(22)32)17-2-1-3-18(14-17)25(27,28)29/h1-5,7-12,14,22-24,30,32H,6,13,15H2. The van der Waals surface area contributed by atoms with Crippen LogP contribution in [0.1, 0.15) is 29.0 Å². The molecule has 0 saturated carbocycles. The van der Waals surface area contributed by atoms with Crippen molar-refractivity contribution in [2.45, 2.75) is 30.3 Å². The first-order valence-corrected chi connectivity index (χ1v) is 11.3. The van der Waals surface area contributed by atoms with Gasteiger partial charge >= 0.3 is 6.18 Å². The monoisotopic (exact) mass is 477 g/mol. The highest BCUT2D eigenvalue weighted by atomic mass is 35.5. The summed E-state index contributed by atoms with van der Waals surface area (Å²) in [6, 6.07) is 20.7. The molecule has 4 rings (SSSR count). The van der Waals surface area contributed by atoms with Crippen molar-refractivity contribution in [1.29, 1.82) is 0 Å². The van der Waals surface area contributed by atoms with Gasteiger partial charge in [0.15, 0.2) is 0 Å². The van der Waals surface area contributed by atoms with Crippen molar-refractivity contribution < 1.29 is 17.9 Å². The van der Waals surface area contributed by atoms with Gasteiger partial charge in [-0.3, -0.25) is 0 Å². The summed E-state index contributed by atoms with van der Waals surface area (Å²) in [6.45, 7) is 0.619. The summed E-state index contributed by atoms with van der Waals surface area (Å²) in [6.07, 6.45) is -2.71. The normalized spacial score (nSPS) is 21.0. The van der Waals surface area contributed by atoms with Crippen molar-refractivity contribution >= 4 is 24.2 Å². The van der Waals surface area contributed by atoms with Crippen LogP contribution >= 0.6 is 24.2 Å². The maximum absolute atomic E-state index is 13.1. The highest BCUT2D eigenvalue weighted by molar-refractivity contribution is 7.80. The molecule has 2 nitrogen and oxygen atoms in total. The molecule has 0 spiro atoms. The van der Waals surface area contributed by atoms with E-state index < -0.39 is 11.7 Å². The van der Waals surface area contributed by atoms with Gasteiger partial charge in [-0.1, -0.05) is 41.9 Å². The lowest BCUT2D eigenvalue weighted by Crippen LogP contribution is -2.21. The van der Waals surface area contributed by atoms with E-state index in [-0.39, 0.29) is 17.2 Å². The van der Waals surface area contributed by atoms with Crippen molar-refractivity contribution in [3.63, 3.8) is 0 Å². The molecule has 3 aromatic carbocycles. The molecule has 0 aromatic heterocycles. The molecule has 1 saturated heterocycles. The van der Waals surface area contributed by atoms with Gasteiger partial charge in [0.25, 0.3) is 0 Å². The number of rotatable bonds is 6. The third kappa shape index (κ3) is 5.61. The van der Waals surface area contributed by atoms with Gasteiger partial charge in [0.05, 0.1) is 10.9 Å². The minimum absolute atomic E-state index is 0.00712. The zero-order chi connectivity index (χ0) is 22.7. The first-order chi connectivity index (χ1) is 15.3. The van der Waals surface area contributed by atoms with E-state index in [1.54, 1.807) is 18.2 Å². The largest absolute Gasteiger partial charge is 0.457 e. The lowest BCUT2D eigenvalue weighted by molar-refractivity contribution is -0.137. The smallest absolute Gasteiger partial charge is 0.416 e. The average Bonchev–Trinajstić information content (AvgIpc) is 3.15. The molecule has 0 aliphatic carbocycles. The number of halogens is 4. The van der Waals surface area contributed by atoms with E-state index in [1.165, 1.54) is 12.1 Å². The third-order valence-electron chi connectivity index (χ3n) is 5.85. The van der Waals surface area contributed by atoms with E-state index in [1.807, 2.05) is 36.4 Å². The lowest BCUT2D eigenvalue weighted by atomic mass is 9.84. The molecule has 1 N–H and O–H groups in total. The quantitative estimate of drug-likeness (QED) is 0.362. The zero-order valence-electron chi connectivity index (χ0n) is 17.1. The second kappa shape index (κ2) is 9.77. The molecule has 1 fully saturated rings. The van der Waals surface area contributed by atoms with Gasteiger partial charge in [-0.2, -0.15) is 25.8 Å². The van der Waals surface area contributed by atoms with Crippen LogP contribution in [0.3, 0.4) is 0 Å². The molecule has 1 aliphatic rings. The lowest BCUT2D eigenvalue weighted by Gasteiger charge is -2.22. The zero-order valence-corrected chi connectivity index (χ0v) is 18.8. The molecule has 1 aliphatic heterocycles. The molecule has 7 heteroatoms. The van der Waals surface area contributed by atoms with E-state index in [2.05, 4.69) is 17.9 Å². The molecule has 0 radical (unpaired) electrons. The predicted octanol–water partition coefficient (Wildman–Crippen LogP) is 7.34. The summed E-state index contributed by atoms with van der Waals surface area (Å²) in [5, 5.41) is 3.91. The van der Waals surface area contributed by atoms with Crippen LogP contribution < -0.4 is 10.1 Å². The minimum Gasteiger partial charge on any atom is -0.457 e. The van der Waals surface area contributed by atoms with E-state index in [9.17, 15) is 13.2 Å². The fourth-order valence-electron chi connectivity index (χ4n) is 4.14. The van der Waals surface area contributed by atoms with E-state index >= 15 is 0 Å². The van der Waals surface area contributed by atoms with Gasteiger partial charge in [-0.05, 0) is 72.4 Å². The van der Waals surface area contributed by atoms with Crippen molar-refractivity contribution in [2.75, 3.05) is 6.54 Å². The molecule has 3 atom stereocenters. The number of ether oxygens (including phenoxy) is 1. The van der Waals surface area contributed by atoms with Gasteiger partial charge in [0, 0.05) is 17.5 Å². The number of aryl methyl sites for hydroxylation is 1. The van der Waals surface area contributed by atoms with Gasteiger partial charge in [-0.25, -0.2) is 0 Å². The van der Waals surface area contributed by atoms with Crippen molar-refractivity contribution in [2.24, 2.45) is 5.92 Å². The first-order valence-electron chi connectivity index (χ1n) is 10.4. The summed E-state index contributed by atoms with van der Waals surface area (Å²) in [5.41, 5.74) is 1.25. The maximum Gasteiger partial charge on any atom is 0.416 e. The SMILES string of the molecule is FC(F)(F)c1cccc(C2CNC(S)C2CCc2ccc(Oc3ccc(Cl)cc3)cc2)c1. The Kier molecular flexibility index (Phi) is 7.03. The van der Waals surface area contributed by atoms with Crippen molar-refractivity contribution in [3.05, 3.63) is 94.5 Å². The Balaban J connectivity index is 1.40. The number of thiol groups is 1. The van der Waals surface area contributed by atoms with Gasteiger partial charge in [-0.15, -0.1) is 0 Å². The van der Waals surface area contributed by atoms with Gasteiger partial charge in [0.1, 0.15) is 11.5 Å². The number of hydrogen-bond acceptors (Lipinski definition) is 3. The Hall–Kier alpha value is -2.15. The van der Waals surface area contributed by atoms with Crippen LogP contribution in [-0.2, 0) is 12.6 Å². The first kappa shape index (κ1) is 23.0. The molecule has 32 heavy (non-hydrogen) atoms. The van der Waals surface area contributed by atoms with Crippen LogP contribution in [0.4, 0.5) is 13.2 Å². The summed E-state index contributed by atoms with van der Waals surface area (Å²) in [5.74, 6) is 1.56. The Morgan fingerprint density at radius 1 is 0.969 bits per heavy atom. The topological polar surface area (TPSA) is 21.3 Å². The minimum atomic E-state index is -4.34. The highest BCUT2D eigenvalue weighted by Crippen LogP contribution is 2.39. The van der Waals surface area contributed by atoms with Crippen LogP contribution in [0, 0.1) is 5.92 Å². The van der Waals surface area contributed by atoms with Crippen LogP contribution in [0.25, 0.3) is 0 Å². The summed E-state index contributed by atoms with van der Waals surface area (Å²) >= 11 is 10.5. The number of nitrogens with one attached hydrogen (secondary N) is 1. The van der Waals surface area contributed by atoms with E-state index in [4.69, 9.17) is 16.3 Å². The maximum atomic E-state index is 13.1. The van der Waals surface area contributed by atoms with E-state index in [0.29, 0.717) is 22.9 Å². The predicted molar refractivity (Wildman–Crippen MR) is 125 cm³/mol. The fourth-order valence-corrected chi connectivity index (χ4v) is 4.72. The molecule has 168 valence electrons. The highest BCUT2D eigenvalue weighted by Gasteiger charge is 2.36. The molecule has 1 heterocycles. The average molecular weight is 478 g/mol. The number of alkyl halides is 3. The van der Waals surface area contributed by atoms with Crippen LogP contribution in [-0.4, -0.2) is 11.9 Å². The molecule has 0 amide bonds. The second-order valence-electron chi connectivity index (χ2n) is 7.99. The fraction of sp³-hybridized carbons (Fsp3) is 0.280. The summed E-state index contributed by atoms with van der Waals surface area (Å²) < 4.78 is 45.2. The Morgan fingerprint density at radius 2 is 1.62 bits per heavy atom. The number of hydrogen-bond donors (Lipinski definition) is 2. The van der Waals surface area contributed by atoms with E-state index in [0.717, 1.165) is 30.2 Å². The van der Waals surface area contributed by atoms with Crippen LogP contribution in [0.15, 0.2) is 72.8 Å². The third-order valence-corrected chi connectivity index (χ3v) is 6.67. The van der Waals surface area contributed by atoms with Crippen molar-refractivity contribution in [1.82, 2.24) is 5.32 Å².